The number of hydrogen-bond donors (Lipinski definition) is 1. The average Bonchev–Trinajstić information content (AvgIpc) is 2.01. The van der Waals surface area contributed by atoms with Gasteiger partial charge in [-0.2, -0.15) is 0 Å². The summed E-state index contributed by atoms with van der Waals surface area (Å²) in [6.45, 7) is 10.2. The molecule has 7 heteroatoms. The van der Waals surface area contributed by atoms with Crippen molar-refractivity contribution in [1.82, 2.24) is 0 Å². The van der Waals surface area contributed by atoms with E-state index in [2.05, 4.69) is 13.8 Å². The van der Waals surface area contributed by atoms with E-state index in [1.807, 2.05) is 0 Å². The molecule has 1 saturated heterocycles. The summed E-state index contributed by atoms with van der Waals surface area (Å²) in [4.78, 5) is 1.71. The van der Waals surface area contributed by atoms with Gasteiger partial charge in [-0.15, -0.1) is 0 Å². The van der Waals surface area contributed by atoms with E-state index in [1.54, 1.807) is 4.90 Å². The number of rotatable bonds is 2. The summed E-state index contributed by atoms with van der Waals surface area (Å²) < 4.78 is 44.3. The summed E-state index contributed by atoms with van der Waals surface area (Å²) in [5.74, 6) is 0.827. The van der Waals surface area contributed by atoms with Crippen LogP contribution in [-0.2, 0) is 4.74 Å². The van der Waals surface area contributed by atoms with E-state index in [0.717, 1.165) is 19.1 Å². The van der Waals surface area contributed by atoms with E-state index in [9.17, 15) is 17.3 Å². The van der Waals surface area contributed by atoms with Crippen LogP contribution in [0.2, 0.25) is 0 Å². The molecule has 2 nitrogen and oxygen atoms in total. The summed E-state index contributed by atoms with van der Waals surface area (Å²) >= 11 is 0. The zero-order valence-electron chi connectivity index (χ0n) is 9.11. The molecule has 1 aliphatic heterocycles. The first kappa shape index (κ1) is 14.7. The van der Waals surface area contributed by atoms with Gasteiger partial charge < -0.3 is 26.9 Å². The van der Waals surface area contributed by atoms with Crippen molar-refractivity contribution in [2.45, 2.75) is 13.8 Å². The Morgan fingerprint density at radius 2 is 1.53 bits per heavy atom. The molecule has 92 valence electrons. The molecular formula is C8H18BF4NO. The Labute approximate surface area is 87.7 Å². The smallest absolute Gasteiger partial charge is 0.418 e. The molecule has 1 fully saturated rings. The Balaban J connectivity index is 0.000000336. The van der Waals surface area contributed by atoms with Gasteiger partial charge in [0.05, 0.1) is 19.8 Å². The van der Waals surface area contributed by atoms with Crippen molar-refractivity contribution >= 4 is 7.25 Å². The Morgan fingerprint density at radius 1 is 1.13 bits per heavy atom. The lowest BCUT2D eigenvalue weighted by Crippen LogP contribution is -3.14. The number of halogens is 4. The Bertz CT molecular complexity index is 153. The first-order chi connectivity index (χ1) is 6.79. The van der Waals surface area contributed by atoms with Crippen LogP contribution < -0.4 is 4.90 Å². The second-order valence-electron chi connectivity index (χ2n) is 3.96. The summed E-state index contributed by atoms with van der Waals surface area (Å²) in [5, 5.41) is 0. The number of quaternary nitrogens is 1. The SMILES string of the molecule is CC(C)C[NH+]1CCOCC1.F[B-](F)(F)F. The van der Waals surface area contributed by atoms with Crippen LogP contribution in [0.25, 0.3) is 0 Å². The third-order valence-corrected chi connectivity index (χ3v) is 1.90. The molecule has 0 aromatic rings. The highest BCUT2D eigenvalue weighted by Gasteiger charge is 2.20. The fourth-order valence-electron chi connectivity index (χ4n) is 1.44. The van der Waals surface area contributed by atoms with Crippen LogP contribution in [-0.4, -0.2) is 40.1 Å². The van der Waals surface area contributed by atoms with Crippen molar-refractivity contribution in [3.8, 4) is 0 Å². The third kappa shape index (κ3) is 13.7. The number of nitrogens with one attached hydrogen (secondary N) is 1. The standard InChI is InChI=1S/C8H17NO.BF4/c1-8(2)7-9-3-5-10-6-4-9;2-1(3,4)5/h8H,3-7H2,1-2H3;/q;-1/p+1. The Kier molecular flexibility index (Phi) is 6.92. The molecule has 0 spiro atoms. The minimum Gasteiger partial charge on any atom is -0.418 e. The normalized spacial score (nSPS) is 18.6. The zero-order valence-corrected chi connectivity index (χ0v) is 9.11. The Hall–Kier alpha value is -0.295. The molecular weight excluding hydrogens is 213 g/mol. The van der Waals surface area contributed by atoms with E-state index < -0.39 is 7.25 Å². The minimum atomic E-state index is -6.00. The molecule has 0 aliphatic carbocycles. The van der Waals surface area contributed by atoms with E-state index in [4.69, 9.17) is 4.74 Å². The van der Waals surface area contributed by atoms with Crippen LogP contribution in [0.3, 0.4) is 0 Å². The van der Waals surface area contributed by atoms with Gasteiger partial charge in [0, 0.05) is 5.92 Å². The molecule has 0 bridgehead atoms. The molecule has 0 aromatic carbocycles. The highest BCUT2D eigenvalue weighted by atomic mass is 19.5. The first-order valence-electron chi connectivity index (χ1n) is 5.07. The molecule has 1 N–H and O–H groups in total. The quantitative estimate of drug-likeness (QED) is 0.549. The predicted octanol–water partition coefficient (Wildman–Crippen LogP) is 0.857. The fraction of sp³-hybridized carbons (Fsp3) is 1.00. The molecule has 0 amide bonds. The summed E-state index contributed by atoms with van der Waals surface area (Å²) in [5.41, 5.74) is 0. The Morgan fingerprint density at radius 3 is 1.87 bits per heavy atom. The van der Waals surface area contributed by atoms with Crippen LogP contribution in [0.15, 0.2) is 0 Å². The van der Waals surface area contributed by atoms with Gasteiger partial charge in [0.15, 0.2) is 0 Å². The van der Waals surface area contributed by atoms with Crippen LogP contribution in [0, 0.1) is 5.92 Å². The molecule has 0 aromatic heterocycles. The van der Waals surface area contributed by atoms with Crippen molar-refractivity contribution in [3.63, 3.8) is 0 Å². The molecule has 1 rings (SSSR count). The van der Waals surface area contributed by atoms with Gasteiger partial charge in [0.1, 0.15) is 13.1 Å². The van der Waals surface area contributed by atoms with Crippen LogP contribution in [0.5, 0.6) is 0 Å². The van der Waals surface area contributed by atoms with Gasteiger partial charge in [0.2, 0.25) is 0 Å². The number of ether oxygens (including phenoxy) is 1. The monoisotopic (exact) mass is 231 g/mol. The molecule has 0 saturated carbocycles. The van der Waals surface area contributed by atoms with E-state index in [0.29, 0.717) is 0 Å². The van der Waals surface area contributed by atoms with Crippen LogP contribution in [0.4, 0.5) is 17.3 Å². The van der Waals surface area contributed by atoms with Crippen LogP contribution >= 0.6 is 0 Å². The largest absolute Gasteiger partial charge is 0.673 e. The van der Waals surface area contributed by atoms with Crippen molar-refractivity contribution in [3.05, 3.63) is 0 Å². The van der Waals surface area contributed by atoms with Gasteiger partial charge in [-0.1, -0.05) is 13.8 Å². The molecule has 0 unspecified atom stereocenters. The maximum absolute atomic E-state index is 9.75. The second kappa shape index (κ2) is 7.06. The summed E-state index contributed by atoms with van der Waals surface area (Å²) in [6.07, 6.45) is 0. The maximum atomic E-state index is 9.75. The number of hydrogen-bond acceptors (Lipinski definition) is 1. The fourth-order valence-corrected chi connectivity index (χ4v) is 1.44. The molecule has 0 atom stereocenters. The minimum absolute atomic E-state index is 0.827. The lowest BCUT2D eigenvalue weighted by Gasteiger charge is -2.24. The molecule has 1 heterocycles. The van der Waals surface area contributed by atoms with Crippen molar-refractivity contribution in [2.75, 3.05) is 32.8 Å². The number of morpholine rings is 1. The highest BCUT2D eigenvalue weighted by molar-refractivity contribution is 6.50. The highest BCUT2D eigenvalue weighted by Crippen LogP contribution is 2.06. The summed E-state index contributed by atoms with van der Waals surface area (Å²) in [7, 11) is -6.00. The predicted molar refractivity (Wildman–Crippen MR) is 51.4 cm³/mol. The van der Waals surface area contributed by atoms with E-state index in [-0.39, 0.29) is 0 Å². The van der Waals surface area contributed by atoms with Gasteiger partial charge in [-0.3, -0.25) is 0 Å². The van der Waals surface area contributed by atoms with E-state index >= 15 is 0 Å². The molecule has 0 radical (unpaired) electrons. The topological polar surface area (TPSA) is 13.7 Å². The average molecular weight is 231 g/mol. The molecule has 15 heavy (non-hydrogen) atoms. The van der Waals surface area contributed by atoms with Gasteiger partial charge >= 0.3 is 7.25 Å². The van der Waals surface area contributed by atoms with Gasteiger partial charge in [-0.25, -0.2) is 0 Å². The second-order valence-corrected chi connectivity index (χ2v) is 3.96. The van der Waals surface area contributed by atoms with Crippen molar-refractivity contribution in [2.24, 2.45) is 5.92 Å². The molecule has 1 aliphatic rings. The van der Waals surface area contributed by atoms with Crippen LogP contribution in [0.1, 0.15) is 13.8 Å². The van der Waals surface area contributed by atoms with Crippen molar-refractivity contribution in [1.29, 1.82) is 0 Å². The summed E-state index contributed by atoms with van der Waals surface area (Å²) in [6, 6.07) is 0. The van der Waals surface area contributed by atoms with Crippen molar-refractivity contribution < 1.29 is 26.9 Å². The van der Waals surface area contributed by atoms with Gasteiger partial charge in [-0.05, 0) is 0 Å². The lowest BCUT2D eigenvalue weighted by molar-refractivity contribution is -0.910. The lowest BCUT2D eigenvalue weighted by atomic mass is 10.2. The van der Waals surface area contributed by atoms with E-state index in [1.165, 1.54) is 19.6 Å². The maximum Gasteiger partial charge on any atom is 0.673 e. The third-order valence-electron chi connectivity index (χ3n) is 1.90. The first-order valence-corrected chi connectivity index (χ1v) is 5.07. The van der Waals surface area contributed by atoms with Gasteiger partial charge in [0.25, 0.3) is 0 Å². The zero-order chi connectivity index (χ0) is 11.9.